The Kier molecular flexibility index (Phi) is 6.59. The van der Waals surface area contributed by atoms with Crippen molar-refractivity contribution < 1.29 is 14.4 Å². The Hall–Kier alpha value is -2.58. The number of Topliss-reactive ketones (excluding diaryl/α,β-unsaturated/α-hetero) is 1. The first-order chi connectivity index (χ1) is 9.71. The van der Waals surface area contributed by atoms with E-state index in [0.29, 0.717) is 6.42 Å². The Balaban J connectivity index is 0.000000612. The van der Waals surface area contributed by atoms with Crippen LogP contribution in [0.25, 0.3) is 0 Å². The van der Waals surface area contributed by atoms with E-state index in [0.717, 1.165) is 17.7 Å². The number of aromatic nitrogens is 1. The zero-order valence-corrected chi connectivity index (χ0v) is 11.2. The minimum absolute atomic E-state index is 0.117. The lowest BCUT2D eigenvalue weighted by molar-refractivity contribution is -0.191. The van der Waals surface area contributed by atoms with E-state index in [4.69, 9.17) is 9.59 Å². The molecule has 0 aliphatic rings. The van der Waals surface area contributed by atoms with Gasteiger partial charge in [-0.25, -0.2) is 0 Å². The van der Waals surface area contributed by atoms with Crippen LogP contribution in [0.4, 0.5) is 0 Å². The molecule has 0 bridgehead atoms. The number of hydrogen-bond donors (Lipinski definition) is 0. The summed E-state index contributed by atoms with van der Waals surface area (Å²) in [6.07, 6.45) is 3.36. The summed E-state index contributed by atoms with van der Waals surface area (Å²) in [7, 11) is 0. The van der Waals surface area contributed by atoms with E-state index >= 15 is 0 Å². The molecule has 0 aliphatic carbocycles. The molecule has 0 atom stereocenters. The molecule has 0 radical (unpaired) electrons. The predicted octanol–water partition coefficient (Wildman–Crippen LogP) is 2.49. The molecule has 4 nitrogen and oxygen atoms in total. The van der Waals surface area contributed by atoms with E-state index in [-0.39, 0.29) is 11.9 Å². The number of carbonyl (C=O) groups excluding carboxylic acids is 3. The quantitative estimate of drug-likeness (QED) is 0.800. The van der Waals surface area contributed by atoms with Crippen molar-refractivity contribution in [1.29, 1.82) is 0 Å². The van der Waals surface area contributed by atoms with Gasteiger partial charge in [0.15, 0.2) is 5.78 Å². The van der Waals surface area contributed by atoms with Crippen LogP contribution >= 0.6 is 0 Å². The van der Waals surface area contributed by atoms with Crippen LogP contribution in [0.5, 0.6) is 0 Å². The van der Waals surface area contributed by atoms with E-state index in [1.54, 1.807) is 6.20 Å². The van der Waals surface area contributed by atoms with Crippen LogP contribution in [0.15, 0.2) is 48.7 Å². The molecule has 0 unspecified atom stereocenters. The smallest absolute Gasteiger partial charge is 0.294 e. The molecule has 2 rings (SSSR count). The Morgan fingerprint density at radius 1 is 1.15 bits per heavy atom. The van der Waals surface area contributed by atoms with Crippen molar-refractivity contribution >= 4 is 11.9 Å². The molecule has 1 aromatic heterocycles. The van der Waals surface area contributed by atoms with Gasteiger partial charge in [-0.05, 0) is 24.1 Å². The first kappa shape index (κ1) is 15.5. The number of hydrogen-bond acceptors (Lipinski definition) is 4. The number of carbonyl (C=O) groups is 1. The fourth-order valence-electron chi connectivity index (χ4n) is 1.74. The molecule has 0 spiro atoms. The highest BCUT2D eigenvalue weighted by atomic mass is 16.2. The van der Waals surface area contributed by atoms with Gasteiger partial charge in [-0.2, -0.15) is 9.59 Å². The summed E-state index contributed by atoms with van der Waals surface area (Å²) in [5, 5.41) is 0. The number of rotatable bonds is 4. The van der Waals surface area contributed by atoms with E-state index in [1.807, 2.05) is 42.5 Å². The van der Waals surface area contributed by atoms with Crippen LogP contribution in [0, 0.1) is 0 Å². The van der Waals surface area contributed by atoms with Crippen molar-refractivity contribution in [2.24, 2.45) is 0 Å². The van der Waals surface area contributed by atoms with Crippen LogP contribution in [-0.4, -0.2) is 16.9 Å². The largest absolute Gasteiger partial charge is 0.373 e. The maximum absolute atomic E-state index is 12.0. The van der Waals surface area contributed by atoms with Crippen molar-refractivity contribution in [2.75, 3.05) is 0 Å². The molecule has 1 heterocycles. The van der Waals surface area contributed by atoms with Gasteiger partial charge in [0.25, 0.3) is 0 Å². The van der Waals surface area contributed by atoms with E-state index in [2.05, 4.69) is 11.9 Å². The number of aryl methyl sites for hydroxylation is 1. The van der Waals surface area contributed by atoms with Crippen LogP contribution in [-0.2, 0) is 22.4 Å². The first-order valence-electron chi connectivity index (χ1n) is 6.22. The van der Waals surface area contributed by atoms with Crippen molar-refractivity contribution in [3.63, 3.8) is 0 Å². The average Bonchev–Trinajstić information content (AvgIpc) is 2.49. The summed E-state index contributed by atoms with van der Waals surface area (Å²) in [5.41, 5.74) is 2.81. The molecular weight excluding hydrogens is 254 g/mol. The van der Waals surface area contributed by atoms with Gasteiger partial charge >= 0.3 is 6.15 Å². The second-order valence-electron chi connectivity index (χ2n) is 4.06. The number of pyridine rings is 1. The highest BCUT2D eigenvalue weighted by Gasteiger charge is 2.07. The number of benzene rings is 1. The van der Waals surface area contributed by atoms with Gasteiger partial charge in [-0.15, -0.1) is 0 Å². The molecular formula is C16H15NO3. The van der Waals surface area contributed by atoms with Crippen LogP contribution in [0.2, 0.25) is 0 Å². The summed E-state index contributed by atoms with van der Waals surface area (Å²) >= 11 is 0. The third-order valence-corrected chi connectivity index (χ3v) is 2.73. The lowest BCUT2D eigenvalue weighted by atomic mass is 10.1. The molecule has 1 aromatic carbocycles. The summed E-state index contributed by atoms with van der Waals surface area (Å²) in [5.74, 6) is 0.117. The van der Waals surface area contributed by atoms with Crippen molar-refractivity contribution in [1.82, 2.24) is 4.98 Å². The summed E-state index contributed by atoms with van der Waals surface area (Å²) < 4.78 is 0. The normalized spacial score (nSPS) is 9.05. The highest BCUT2D eigenvalue weighted by Crippen LogP contribution is 2.08. The molecule has 0 N–H and O–H groups in total. The molecule has 0 saturated carbocycles. The van der Waals surface area contributed by atoms with Gasteiger partial charge < -0.3 is 0 Å². The zero-order chi connectivity index (χ0) is 14.8. The van der Waals surface area contributed by atoms with Gasteiger partial charge in [0.2, 0.25) is 0 Å². The molecule has 102 valence electrons. The van der Waals surface area contributed by atoms with E-state index in [1.165, 1.54) is 5.56 Å². The minimum Gasteiger partial charge on any atom is -0.294 e. The molecule has 0 aliphatic heterocycles. The third-order valence-electron chi connectivity index (χ3n) is 2.73. The Morgan fingerprint density at radius 2 is 1.80 bits per heavy atom. The minimum atomic E-state index is 0.117. The van der Waals surface area contributed by atoms with Crippen LogP contribution in [0.1, 0.15) is 28.5 Å². The van der Waals surface area contributed by atoms with Gasteiger partial charge in [-0.1, -0.05) is 37.3 Å². The van der Waals surface area contributed by atoms with Crippen molar-refractivity contribution in [3.8, 4) is 0 Å². The fraction of sp³-hybridized carbons (Fsp3) is 0.188. The second-order valence-corrected chi connectivity index (χ2v) is 4.06. The maximum atomic E-state index is 12.0. The Labute approximate surface area is 117 Å². The van der Waals surface area contributed by atoms with Crippen LogP contribution < -0.4 is 0 Å². The lowest BCUT2D eigenvalue weighted by Gasteiger charge is -2.02. The van der Waals surface area contributed by atoms with Gasteiger partial charge in [0.1, 0.15) is 0 Å². The molecule has 20 heavy (non-hydrogen) atoms. The Morgan fingerprint density at radius 3 is 2.40 bits per heavy atom. The van der Waals surface area contributed by atoms with Gasteiger partial charge in [-0.3, -0.25) is 9.78 Å². The predicted molar refractivity (Wildman–Crippen MR) is 73.1 cm³/mol. The van der Waals surface area contributed by atoms with Gasteiger partial charge in [0.05, 0.1) is 6.42 Å². The summed E-state index contributed by atoms with van der Waals surface area (Å²) in [6.45, 7) is 2.10. The zero-order valence-electron chi connectivity index (χ0n) is 11.2. The van der Waals surface area contributed by atoms with Gasteiger partial charge in [0, 0.05) is 17.5 Å². The molecule has 0 saturated heterocycles. The molecule has 0 amide bonds. The first-order valence-corrected chi connectivity index (χ1v) is 6.22. The van der Waals surface area contributed by atoms with Crippen molar-refractivity contribution in [2.45, 2.75) is 19.8 Å². The lowest BCUT2D eigenvalue weighted by Crippen LogP contribution is -2.05. The Bertz CT molecular complexity index is 588. The topological polar surface area (TPSA) is 64.1 Å². The fourth-order valence-corrected chi connectivity index (χ4v) is 1.74. The SMILES string of the molecule is CCc1ccnc(CC(=O)c2ccccc2)c1.O=C=O. The van der Waals surface area contributed by atoms with E-state index < -0.39 is 0 Å². The standard InChI is InChI=1S/C15H15NO.CO2/c1-2-12-8-9-16-14(10-12)11-15(17)13-6-4-3-5-7-13;2-1-3/h3-10H,2,11H2,1H3;. The summed E-state index contributed by atoms with van der Waals surface area (Å²) in [4.78, 5) is 32.5. The average molecular weight is 269 g/mol. The second kappa shape index (κ2) is 8.51. The molecule has 2 aromatic rings. The van der Waals surface area contributed by atoms with Crippen LogP contribution in [0.3, 0.4) is 0 Å². The number of nitrogens with zero attached hydrogens (tertiary/aromatic N) is 1. The van der Waals surface area contributed by atoms with Crippen molar-refractivity contribution in [3.05, 3.63) is 65.5 Å². The number of ketones is 1. The summed E-state index contributed by atoms with van der Waals surface area (Å²) in [6, 6.07) is 13.3. The third kappa shape index (κ3) is 4.96. The maximum Gasteiger partial charge on any atom is 0.373 e. The monoisotopic (exact) mass is 269 g/mol. The molecule has 4 heteroatoms. The highest BCUT2D eigenvalue weighted by molar-refractivity contribution is 5.97. The molecule has 0 fully saturated rings. The van der Waals surface area contributed by atoms with E-state index in [9.17, 15) is 4.79 Å².